The summed E-state index contributed by atoms with van der Waals surface area (Å²) in [5.74, 6) is 0.119. The van der Waals surface area contributed by atoms with E-state index in [2.05, 4.69) is 29.8 Å². The SMILES string of the molecule is CC(C)C(=Cc1ccc(Br)cc1F)CN. The highest BCUT2D eigenvalue weighted by molar-refractivity contribution is 9.10. The molecule has 1 rings (SSSR count). The third kappa shape index (κ3) is 3.43. The fraction of sp³-hybridized carbons (Fsp3) is 0.333. The number of rotatable bonds is 3. The third-order valence-electron chi connectivity index (χ3n) is 2.28. The van der Waals surface area contributed by atoms with Crippen molar-refractivity contribution in [1.29, 1.82) is 0 Å². The van der Waals surface area contributed by atoms with Crippen molar-refractivity contribution in [3.8, 4) is 0 Å². The van der Waals surface area contributed by atoms with E-state index in [0.717, 1.165) is 10.0 Å². The Kier molecular flexibility index (Phi) is 4.48. The van der Waals surface area contributed by atoms with Gasteiger partial charge in [-0.2, -0.15) is 0 Å². The molecule has 0 heterocycles. The molecule has 0 aromatic heterocycles. The zero-order valence-corrected chi connectivity index (χ0v) is 10.5. The molecule has 1 aromatic rings. The predicted octanol–water partition coefficient (Wildman–Crippen LogP) is 3.59. The quantitative estimate of drug-likeness (QED) is 0.894. The van der Waals surface area contributed by atoms with Gasteiger partial charge in [-0.15, -0.1) is 0 Å². The molecule has 0 saturated heterocycles. The van der Waals surface area contributed by atoms with E-state index in [4.69, 9.17) is 5.73 Å². The molecule has 0 saturated carbocycles. The first-order valence-electron chi connectivity index (χ1n) is 4.90. The van der Waals surface area contributed by atoms with Crippen LogP contribution < -0.4 is 5.73 Å². The molecule has 0 radical (unpaired) electrons. The maximum absolute atomic E-state index is 13.5. The highest BCUT2D eigenvalue weighted by atomic mass is 79.9. The molecule has 0 bridgehead atoms. The lowest BCUT2D eigenvalue weighted by Crippen LogP contribution is -2.08. The molecular weight excluding hydrogens is 257 g/mol. The maximum atomic E-state index is 13.5. The van der Waals surface area contributed by atoms with Crippen LogP contribution in [0.25, 0.3) is 6.08 Å². The van der Waals surface area contributed by atoms with E-state index in [0.29, 0.717) is 18.0 Å². The van der Waals surface area contributed by atoms with E-state index in [9.17, 15) is 4.39 Å². The van der Waals surface area contributed by atoms with E-state index in [1.54, 1.807) is 6.07 Å². The molecule has 0 aliphatic rings. The van der Waals surface area contributed by atoms with Crippen LogP contribution in [0.5, 0.6) is 0 Å². The van der Waals surface area contributed by atoms with Gasteiger partial charge in [-0.3, -0.25) is 0 Å². The van der Waals surface area contributed by atoms with Crippen molar-refractivity contribution in [3.05, 3.63) is 39.6 Å². The molecule has 1 nitrogen and oxygen atoms in total. The molecular formula is C12H15BrFN. The van der Waals surface area contributed by atoms with Crippen LogP contribution in [0.3, 0.4) is 0 Å². The Morgan fingerprint density at radius 1 is 1.53 bits per heavy atom. The van der Waals surface area contributed by atoms with Gasteiger partial charge in [0.1, 0.15) is 5.82 Å². The molecule has 0 aliphatic carbocycles. The minimum absolute atomic E-state index is 0.226. The topological polar surface area (TPSA) is 26.0 Å². The summed E-state index contributed by atoms with van der Waals surface area (Å²) in [5, 5.41) is 0. The molecule has 0 atom stereocenters. The second-order valence-electron chi connectivity index (χ2n) is 3.74. The summed E-state index contributed by atoms with van der Waals surface area (Å²) >= 11 is 3.22. The fourth-order valence-electron chi connectivity index (χ4n) is 1.28. The molecule has 82 valence electrons. The lowest BCUT2D eigenvalue weighted by Gasteiger charge is -2.09. The third-order valence-corrected chi connectivity index (χ3v) is 2.77. The average molecular weight is 272 g/mol. The number of benzene rings is 1. The van der Waals surface area contributed by atoms with Gasteiger partial charge in [0.05, 0.1) is 0 Å². The number of nitrogens with two attached hydrogens (primary N) is 1. The van der Waals surface area contributed by atoms with Crippen LogP contribution in [-0.2, 0) is 0 Å². The van der Waals surface area contributed by atoms with E-state index < -0.39 is 0 Å². The maximum Gasteiger partial charge on any atom is 0.131 e. The summed E-state index contributed by atoms with van der Waals surface area (Å²) < 4.78 is 14.2. The largest absolute Gasteiger partial charge is 0.327 e. The first-order chi connectivity index (χ1) is 7.04. The van der Waals surface area contributed by atoms with Crippen molar-refractivity contribution >= 4 is 22.0 Å². The van der Waals surface area contributed by atoms with Gasteiger partial charge < -0.3 is 5.73 Å². The van der Waals surface area contributed by atoms with Gasteiger partial charge in [-0.05, 0) is 18.1 Å². The molecule has 2 N–H and O–H groups in total. The average Bonchev–Trinajstić information content (AvgIpc) is 2.16. The summed E-state index contributed by atoms with van der Waals surface area (Å²) in [7, 11) is 0. The van der Waals surface area contributed by atoms with Crippen molar-refractivity contribution in [2.45, 2.75) is 13.8 Å². The normalized spacial score (nSPS) is 12.3. The monoisotopic (exact) mass is 271 g/mol. The summed E-state index contributed by atoms with van der Waals surface area (Å²) in [6, 6.07) is 5.03. The van der Waals surface area contributed by atoms with Crippen LogP contribution in [-0.4, -0.2) is 6.54 Å². The lowest BCUT2D eigenvalue weighted by molar-refractivity contribution is 0.623. The van der Waals surface area contributed by atoms with Crippen molar-refractivity contribution in [3.63, 3.8) is 0 Å². The Balaban J connectivity index is 3.06. The predicted molar refractivity (Wildman–Crippen MR) is 66.0 cm³/mol. The minimum atomic E-state index is -0.226. The number of halogens is 2. The van der Waals surface area contributed by atoms with Gasteiger partial charge in [0.15, 0.2) is 0 Å². The molecule has 0 aliphatic heterocycles. The standard InChI is InChI=1S/C12H15BrFN/c1-8(2)10(7-15)5-9-3-4-11(13)6-12(9)14/h3-6,8H,7,15H2,1-2H3. The Morgan fingerprint density at radius 3 is 2.67 bits per heavy atom. The zero-order chi connectivity index (χ0) is 11.4. The first kappa shape index (κ1) is 12.4. The first-order valence-corrected chi connectivity index (χ1v) is 5.69. The highest BCUT2D eigenvalue weighted by Crippen LogP contribution is 2.19. The number of hydrogen-bond acceptors (Lipinski definition) is 1. The van der Waals surface area contributed by atoms with Crippen molar-refractivity contribution < 1.29 is 4.39 Å². The molecule has 15 heavy (non-hydrogen) atoms. The van der Waals surface area contributed by atoms with E-state index in [-0.39, 0.29) is 5.82 Å². The summed E-state index contributed by atoms with van der Waals surface area (Å²) in [6.07, 6.45) is 1.83. The Hall–Kier alpha value is -0.670. The Labute approximate surface area is 98.3 Å². The van der Waals surface area contributed by atoms with Crippen molar-refractivity contribution in [2.75, 3.05) is 6.54 Å². The lowest BCUT2D eigenvalue weighted by atomic mass is 10.0. The second kappa shape index (κ2) is 5.42. The molecule has 1 aromatic carbocycles. The zero-order valence-electron chi connectivity index (χ0n) is 8.93. The molecule has 0 fully saturated rings. The van der Waals surface area contributed by atoms with Crippen molar-refractivity contribution in [1.82, 2.24) is 0 Å². The minimum Gasteiger partial charge on any atom is -0.327 e. The van der Waals surface area contributed by atoms with Gasteiger partial charge in [-0.25, -0.2) is 4.39 Å². The van der Waals surface area contributed by atoms with Gasteiger partial charge >= 0.3 is 0 Å². The van der Waals surface area contributed by atoms with Crippen LogP contribution in [0.4, 0.5) is 4.39 Å². The summed E-state index contributed by atoms with van der Waals surface area (Å²) in [5.41, 5.74) is 7.24. The molecule has 0 unspecified atom stereocenters. The van der Waals surface area contributed by atoms with E-state index in [1.165, 1.54) is 6.07 Å². The molecule has 0 spiro atoms. The van der Waals surface area contributed by atoms with Gasteiger partial charge in [-0.1, -0.05) is 47.5 Å². The van der Waals surface area contributed by atoms with Crippen LogP contribution in [0.2, 0.25) is 0 Å². The smallest absolute Gasteiger partial charge is 0.131 e. The van der Waals surface area contributed by atoms with E-state index in [1.807, 2.05) is 12.1 Å². The van der Waals surface area contributed by atoms with Gasteiger partial charge in [0, 0.05) is 16.6 Å². The van der Waals surface area contributed by atoms with Crippen LogP contribution in [0.1, 0.15) is 19.4 Å². The number of hydrogen-bond donors (Lipinski definition) is 1. The second-order valence-corrected chi connectivity index (χ2v) is 4.66. The van der Waals surface area contributed by atoms with Crippen LogP contribution in [0.15, 0.2) is 28.2 Å². The van der Waals surface area contributed by atoms with E-state index >= 15 is 0 Å². The molecule has 3 heteroatoms. The van der Waals surface area contributed by atoms with Crippen LogP contribution in [0, 0.1) is 11.7 Å². The highest BCUT2D eigenvalue weighted by Gasteiger charge is 2.04. The van der Waals surface area contributed by atoms with Crippen LogP contribution >= 0.6 is 15.9 Å². The summed E-state index contributed by atoms with van der Waals surface area (Å²) in [6.45, 7) is 4.57. The Morgan fingerprint density at radius 2 is 2.20 bits per heavy atom. The molecule has 0 amide bonds. The van der Waals surface area contributed by atoms with Gasteiger partial charge in [0.25, 0.3) is 0 Å². The van der Waals surface area contributed by atoms with Crippen molar-refractivity contribution in [2.24, 2.45) is 11.7 Å². The summed E-state index contributed by atoms with van der Waals surface area (Å²) in [4.78, 5) is 0. The fourth-order valence-corrected chi connectivity index (χ4v) is 1.61. The van der Waals surface area contributed by atoms with Gasteiger partial charge in [0.2, 0.25) is 0 Å². The Bertz CT molecular complexity index is 372.